The van der Waals surface area contributed by atoms with Crippen LogP contribution in [0, 0.1) is 11.2 Å². The third-order valence-corrected chi connectivity index (χ3v) is 3.59. The Labute approximate surface area is 117 Å². The Kier molecular flexibility index (Phi) is 4.06. The van der Waals surface area contributed by atoms with Gasteiger partial charge in [0.15, 0.2) is 0 Å². The molecule has 2 rings (SSSR count). The lowest BCUT2D eigenvalue weighted by Gasteiger charge is -2.28. The fourth-order valence-corrected chi connectivity index (χ4v) is 2.70. The lowest BCUT2D eigenvalue weighted by atomic mass is 9.77. The molecule has 1 saturated heterocycles. The van der Waals surface area contributed by atoms with Crippen LogP contribution in [0.3, 0.4) is 0 Å². The molecule has 1 N–H and O–H groups in total. The maximum absolute atomic E-state index is 13.2. The second-order valence-corrected chi connectivity index (χ2v) is 5.39. The van der Waals surface area contributed by atoms with Crippen LogP contribution in [-0.4, -0.2) is 24.5 Å². The van der Waals surface area contributed by atoms with E-state index in [0.717, 1.165) is 5.56 Å². The fraction of sp³-hybridized carbons (Fsp3) is 0.467. The Morgan fingerprint density at radius 2 is 2.30 bits per heavy atom. The molecule has 1 aliphatic heterocycles. The topological polar surface area (TPSA) is 55.4 Å². The number of carbonyl (C=O) groups excluding carboxylic acids is 2. The van der Waals surface area contributed by atoms with Gasteiger partial charge in [-0.2, -0.15) is 0 Å². The minimum Gasteiger partial charge on any atom is -0.464 e. The van der Waals surface area contributed by atoms with E-state index in [0.29, 0.717) is 6.42 Å². The predicted molar refractivity (Wildman–Crippen MR) is 71.4 cm³/mol. The van der Waals surface area contributed by atoms with Gasteiger partial charge in [0.25, 0.3) is 0 Å². The SMILES string of the molecule is CCOC(=O)C1NC(=O)CC1(C)Cc1cccc(F)c1. The molecule has 20 heavy (non-hydrogen) atoms. The molecule has 1 fully saturated rings. The summed E-state index contributed by atoms with van der Waals surface area (Å²) in [5.74, 6) is -0.935. The van der Waals surface area contributed by atoms with Crippen LogP contribution in [0.1, 0.15) is 25.8 Å². The molecule has 2 atom stereocenters. The highest BCUT2D eigenvalue weighted by Crippen LogP contribution is 2.36. The monoisotopic (exact) mass is 279 g/mol. The summed E-state index contributed by atoms with van der Waals surface area (Å²) in [6, 6.07) is 5.53. The summed E-state index contributed by atoms with van der Waals surface area (Å²) in [4.78, 5) is 23.6. The lowest BCUT2D eigenvalue weighted by molar-refractivity contribution is -0.148. The molecule has 2 unspecified atom stereocenters. The van der Waals surface area contributed by atoms with E-state index in [4.69, 9.17) is 4.74 Å². The number of nitrogens with one attached hydrogen (secondary N) is 1. The van der Waals surface area contributed by atoms with Crippen molar-refractivity contribution in [2.75, 3.05) is 6.61 Å². The maximum atomic E-state index is 13.2. The van der Waals surface area contributed by atoms with Gasteiger partial charge >= 0.3 is 5.97 Å². The van der Waals surface area contributed by atoms with Crippen LogP contribution in [0.4, 0.5) is 4.39 Å². The minimum atomic E-state index is -0.682. The Bertz CT molecular complexity index is 532. The number of benzene rings is 1. The molecular formula is C15H18FNO3. The smallest absolute Gasteiger partial charge is 0.329 e. The van der Waals surface area contributed by atoms with Crippen molar-refractivity contribution in [2.24, 2.45) is 5.41 Å². The first-order valence-corrected chi connectivity index (χ1v) is 6.65. The van der Waals surface area contributed by atoms with Crippen LogP contribution >= 0.6 is 0 Å². The third-order valence-electron chi connectivity index (χ3n) is 3.59. The van der Waals surface area contributed by atoms with Gasteiger partial charge in [0.2, 0.25) is 5.91 Å². The molecule has 0 radical (unpaired) electrons. The van der Waals surface area contributed by atoms with Crippen molar-refractivity contribution in [2.45, 2.75) is 32.7 Å². The first kappa shape index (κ1) is 14.5. The van der Waals surface area contributed by atoms with Crippen molar-refractivity contribution < 1.29 is 18.7 Å². The number of ether oxygens (including phenoxy) is 1. The van der Waals surface area contributed by atoms with E-state index >= 15 is 0 Å². The van der Waals surface area contributed by atoms with E-state index in [1.54, 1.807) is 19.1 Å². The highest BCUT2D eigenvalue weighted by molar-refractivity contribution is 5.89. The van der Waals surface area contributed by atoms with Crippen LogP contribution in [-0.2, 0) is 20.7 Å². The number of esters is 1. The van der Waals surface area contributed by atoms with Crippen LogP contribution < -0.4 is 5.32 Å². The fourth-order valence-electron chi connectivity index (χ4n) is 2.70. The van der Waals surface area contributed by atoms with Crippen molar-refractivity contribution in [1.29, 1.82) is 0 Å². The van der Waals surface area contributed by atoms with Crippen LogP contribution in [0.15, 0.2) is 24.3 Å². The zero-order chi connectivity index (χ0) is 14.8. The van der Waals surface area contributed by atoms with E-state index in [1.165, 1.54) is 12.1 Å². The predicted octanol–water partition coefficient (Wildman–Crippen LogP) is 1.83. The maximum Gasteiger partial charge on any atom is 0.329 e. The molecule has 108 valence electrons. The zero-order valence-electron chi connectivity index (χ0n) is 11.6. The second-order valence-electron chi connectivity index (χ2n) is 5.39. The lowest BCUT2D eigenvalue weighted by Crippen LogP contribution is -2.44. The van der Waals surface area contributed by atoms with E-state index in [-0.39, 0.29) is 24.8 Å². The number of carbonyl (C=O) groups is 2. The van der Waals surface area contributed by atoms with Gasteiger partial charge in [-0.05, 0) is 31.0 Å². The van der Waals surface area contributed by atoms with Crippen molar-refractivity contribution in [1.82, 2.24) is 5.32 Å². The minimum absolute atomic E-state index is 0.179. The summed E-state index contributed by atoms with van der Waals surface area (Å²) >= 11 is 0. The molecule has 0 aliphatic carbocycles. The van der Waals surface area contributed by atoms with Gasteiger partial charge in [-0.3, -0.25) is 4.79 Å². The second kappa shape index (κ2) is 5.61. The number of hydrogen-bond donors (Lipinski definition) is 1. The molecule has 0 spiro atoms. The van der Waals surface area contributed by atoms with Gasteiger partial charge in [0.1, 0.15) is 11.9 Å². The van der Waals surface area contributed by atoms with Gasteiger partial charge in [0.05, 0.1) is 6.61 Å². The average molecular weight is 279 g/mol. The Morgan fingerprint density at radius 1 is 1.55 bits per heavy atom. The van der Waals surface area contributed by atoms with Gasteiger partial charge in [-0.1, -0.05) is 19.1 Å². The number of rotatable bonds is 4. The number of hydrogen-bond acceptors (Lipinski definition) is 3. The summed E-state index contributed by atoms with van der Waals surface area (Å²) in [7, 11) is 0. The molecule has 1 aromatic rings. The van der Waals surface area contributed by atoms with E-state index in [9.17, 15) is 14.0 Å². The number of amides is 1. The van der Waals surface area contributed by atoms with Crippen molar-refractivity contribution in [3.05, 3.63) is 35.6 Å². The summed E-state index contributed by atoms with van der Waals surface area (Å²) in [6.07, 6.45) is 0.667. The molecule has 5 heteroatoms. The highest BCUT2D eigenvalue weighted by Gasteiger charge is 2.47. The quantitative estimate of drug-likeness (QED) is 0.855. The van der Waals surface area contributed by atoms with Crippen molar-refractivity contribution in [3.8, 4) is 0 Å². The first-order chi connectivity index (χ1) is 9.44. The normalized spacial score (nSPS) is 25.4. The van der Waals surface area contributed by atoms with Crippen molar-refractivity contribution in [3.63, 3.8) is 0 Å². The number of halogens is 1. The molecule has 1 heterocycles. The van der Waals surface area contributed by atoms with Gasteiger partial charge < -0.3 is 10.1 Å². The average Bonchev–Trinajstić information content (AvgIpc) is 2.64. The summed E-state index contributed by atoms with van der Waals surface area (Å²) in [6.45, 7) is 3.83. The summed E-state index contributed by atoms with van der Waals surface area (Å²) in [5, 5.41) is 2.66. The summed E-state index contributed by atoms with van der Waals surface area (Å²) in [5.41, 5.74) is 0.162. The molecule has 0 saturated carbocycles. The molecule has 1 amide bonds. The summed E-state index contributed by atoms with van der Waals surface area (Å²) < 4.78 is 18.2. The zero-order valence-corrected chi connectivity index (χ0v) is 11.6. The van der Waals surface area contributed by atoms with Crippen LogP contribution in [0.2, 0.25) is 0 Å². The van der Waals surface area contributed by atoms with Gasteiger partial charge in [0, 0.05) is 11.8 Å². The van der Waals surface area contributed by atoms with E-state index in [2.05, 4.69) is 5.32 Å². The van der Waals surface area contributed by atoms with Gasteiger partial charge in [-0.25, -0.2) is 9.18 Å². The van der Waals surface area contributed by atoms with E-state index in [1.807, 2.05) is 6.92 Å². The first-order valence-electron chi connectivity index (χ1n) is 6.65. The Hall–Kier alpha value is -1.91. The Morgan fingerprint density at radius 3 is 2.95 bits per heavy atom. The molecule has 1 aliphatic rings. The van der Waals surface area contributed by atoms with Crippen molar-refractivity contribution >= 4 is 11.9 Å². The largest absolute Gasteiger partial charge is 0.464 e. The van der Waals surface area contributed by atoms with Gasteiger partial charge in [-0.15, -0.1) is 0 Å². The standard InChI is InChI=1S/C15H18FNO3/c1-3-20-14(19)13-15(2,9-12(18)17-13)8-10-5-4-6-11(16)7-10/h4-7,13H,3,8-9H2,1-2H3,(H,17,18). The third kappa shape index (κ3) is 2.98. The molecule has 1 aromatic carbocycles. The molecular weight excluding hydrogens is 261 g/mol. The van der Waals surface area contributed by atoms with Crippen LogP contribution in [0.25, 0.3) is 0 Å². The Balaban J connectivity index is 2.21. The van der Waals surface area contributed by atoms with E-state index < -0.39 is 17.4 Å². The van der Waals surface area contributed by atoms with Crippen LogP contribution in [0.5, 0.6) is 0 Å². The molecule has 0 bridgehead atoms. The molecule has 4 nitrogen and oxygen atoms in total. The highest BCUT2D eigenvalue weighted by atomic mass is 19.1. The molecule has 0 aromatic heterocycles.